The molecule has 0 aromatic carbocycles. The molecule has 2 nitrogen and oxygen atoms in total. The maximum absolute atomic E-state index is 3.99. The van der Waals surface area contributed by atoms with E-state index < -0.39 is 7.74 Å². The summed E-state index contributed by atoms with van der Waals surface area (Å²) in [6.07, 6.45) is 8.58. The van der Waals surface area contributed by atoms with E-state index in [1.165, 1.54) is 64.7 Å². The van der Waals surface area contributed by atoms with E-state index >= 15 is 0 Å². The van der Waals surface area contributed by atoms with Crippen molar-refractivity contribution < 1.29 is 0 Å². The summed E-state index contributed by atoms with van der Waals surface area (Å²) in [6, 6.07) is 0. The Morgan fingerprint density at radius 1 is 0.643 bits per heavy atom. The van der Waals surface area contributed by atoms with Crippen molar-refractivity contribution in [3.05, 3.63) is 0 Å². The fraction of sp³-hybridized carbons (Fsp3) is 1.00. The molecule has 0 unspecified atom stereocenters. The molecule has 14 heavy (non-hydrogen) atoms. The number of rotatable bonds is 2. The largest absolute Gasteiger partial charge is 0.306 e. The van der Waals surface area contributed by atoms with Gasteiger partial charge in [-0.05, 0) is 51.9 Å². The van der Waals surface area contributed by atoms with Crippen molar-refractivity contribution in [2.75, 3.05) is 26.2 Å². The first-order chi connectivity index (χ1) is 6.88. The standard InChI is InChI=1S/C10H21BrN2Si/c11-14(12-7-3-1-4-8-12)13-9-5-2-6-10-13/h14H,1-10H2. The van der Waals surface area contributed by atoms with E-state index in [0.717, 1.165) is 0 Å². The van der Waals surface area contributed by atoms with E-state index in [1.807, 2.05) is 0 Å². The molecule has 0 atom stereocenters. The number of hydrogen-bond donors (Lipinski definition) is 0. The molecule has 2 fully saturated rings. The molecule has 0 spiro atoms. The van der Waals surface area contributed by atoms with Gasteiger partial charge in [0.05, 0.1) is 0 Å². The molecule has 2 heterocycles. The first-order valence-corrected chi connectivity index (χ1v) is 10.2. The van der Waals surface area contributed by atoms with Crippen LogP contribution in [0.5, 0.6) is 0 Å². The molecule has 0 aromatic rings. The molecule has 2 aliphatic rings. The third kappa shape index (κ3) is 2.81. The molecule has 2 aliphatic heterocycles. The molecule has 0 amide bonds. The van der Waals surface area contributed by atoms with E-state index in [4.69, 9.17) is 0 Å². The molecule has 0 aliphatic carbocycles. The summed E-state index contributed by atoms with van der Waals surface area (Å²) >= 11 is 3.99. The zero-order valence-corrected chi connectivity index (χ0v) is 11.7. The van der Waals surface area contributed by atoms with Crippen LogP contribution < -0.4 is 0 Å². The molecule has 0 bridgehead atoms. The Morgan fingerprint density at radius 3 is 1.36 bits per heavy atom. The van der Waals surface area contributed by atoms with Crippen LogP contribution in [0.4, 0.5) is 0 Å². The Labute approximate surface area is 97.0 Å². The Bertz CT molecular complexity index is 150. The Balaban J connectivity index is 1.82. The van der Waals surface area contributed by atoms with Crippen LogP contribution in [-0.2, 0) is 0 Å². The van der Waals surface area contributed by atoms with Crippen molar-refractivity contribution in [2.45, 2.75) is 38.5 Å². The van der Waals surface area contributed by atoms with Crippen LogP contribution in [-0.4, -0.2) is 43.0 Å². The number of piperidine rings is 2. The highest BCUT2D eigenvalue weighted by Crippen LogP contribution is 2.19. The molecule has 0 aromatic heterocycles. The normalized spacial score (nSPS) is 27.0. The molecule has 4 heteroatoms. The van der Waals surface area contributed by atoms with E-state index in [2.05, 4.69) is 24.4 Å². The van der Waals surface area contributed by atoms with Crippen LogP contribution in [0, 0.1) is 0 Å². The molecule has 2 saturated heterocycles. The molecule has 0 radical (unpaired) electrons. The zero-order chi connectivity index (χ0) is 9.80. The van der Waals surface area contributed by atoms with Crippen molar-refractivity contribution in [3.63, 3.8) is 0 Å². The Kier molecular flexibility index (Phi) is 4.47. The monoisotopic (exact) mass is 276 g/mol. The van der Waals surface area contributed by atoms with Crippen molar-refractivity contribution in [2.24, 2.45) is 0 Å². The molecule has 2 rings (SSSR count). The van der Waals surface area contributed by atoms with Crippen molar-refractivity contribution in [1.82, 2.24) is 9.13 Å². The molecule has 0 N–H and O–H groups in total. The topological polar surface area (TPSA) is 6.48 Å². The third-order valence-electron chi connectivity index (χ3n) is 3.38. The van der Waals surface area contributed by atoms with Gasteiger partial charge < -0.3 is 9.13 Å². The van der Waals surface area contributed by atoms with Gasteiger partial charge in [0.25, 0.3) is 7.74 Å². The summed E-state index contributed by atoms with van der Waals surface area (Å²) in [7, 11) is -0.886. The van der Waals surface area contributed by atoms with Gasteiger partial charge in [0.1, 0.15) is 0 Å². The lowest BCUT2D eigenvalue weighted by molar-refractivity contribution is 0.290. The molecular formula is C10H21BrN2Si. The van der Waals surface area contributed by atoms with Gasteiger partial charge in [0, 0.05) is 0 Å². The average Bonchev–Trinajstić information content (AvgIpc) is 2.30. The third-order valence-corrected chi connectivity index (χ3v) is 9.10. The van der Waals surface area contributed by atoms with Crippen molar-refractivity contribution >= 4 is 23.0 Å². The Morgan fingerprint density at radius 2 is 1.00 bits per heavy atom. The molecule has 0 saturated carbocycles. The van der Waals surface area contributed by atoms with Crippen LogP contribution in [0.15, 0.2) is 0 Å². The van der Waals surface area contributed by atoms with Gasteiger partial charge in [-0.1, -0.05) is 28.1 Å². The first kappa shape index (κ1) is 11.1. The highest BCUT2D eigenvalue weighted by molar-refractivity contribution is 9.24. The lowest BCUT2D eigenvalue weighted by Gasteiger charge is -2.38. The van der Waals surface area contributed by atoms with Gasteiger partial charge in [-0.2, -0.15) is 0 Å². The first-order valence-electron chi connectivity index (χ1n) is 6.00. The zero-order valence-electron chi connectivity index (χ0n) is 8.92. The van der Waals surface area contributed by atoms with Crippen LogP contribution in [0.1, 0.15) is 38.5 Å². The highest BCUT2D eigenvalue weighted by Gasteiger charge is 2.26. The maximum Gasteiger partial charge on any atom is 0.264 e. The lowest BCUT2D eigenvalue weighted by atomic mass is 10.2. The second-order valence-corrected chi connectivity index (χ2v) is 9.04. The van der Waals surface area contributed by atoms with Gasteiger partial charge >= 0.3 is 0 Å². The van der Waals surface area contributed by atoms with Crippen molar-refractivity contribution in [1.29, 1.82) is 0 Å². The number of halogens is 1. The van der Waals surface area contributed by atoms with Gasteiger partial charge in [-0.15, -0.1) is 0 Å². The highest BCUT2D eigenvalue weighted by atomic mass is 79.9. The second-order valence-electron chi connectivity index (χ2n) is 4.50. The van der Waals surface area contributed by atoms with Crippen LogP contribution in [0.25, 0.3) is 0 Å². The van der Waals surface area contributed by atoms with E-state index in [-0.39, 0.29) is 0 Å². The lowest BCUT2D eigenvalue weighted by Crippen LogP contribution is -2.52. The smallest absolute Gasteiger partial charge is 0.264 e. The summed E-state index contributed by atoms with van der Waals surface area (Å²) in [5.74, 6) is 0. The maximum atomic E-state index is 3.99. The number of nitrogens with zero attached hydrogens (tertiary/aromatic N) is 2. The van der Waals surface area contributed by atoms with Crippen LogP contribution in [0.2, 0.25) is 0 Å². The Hall–Kier alpha value is 0.617. The second kappa shape index (κ2) is 5.63. The van der Waals surface area contributed by atoms with E-state index in [9.17, 15) is 0 Å². The predicted molar refractivity (Wildman–Crippen MR) is 66.9 cm³/mol. The van der Waals surface area contributed by atoms with Gasteiger partial charge in [-0.3, -0.25) is 0 Å². The summed E-state index contributed by atoms with van der Waals surface area (Å²) < 4.78 is 5.46. The predicted octanol–water partition coefficient (Wildman–Crippen LogP) is 2.07. The molecular weight excluding hydrogens is 256 g/mol. The van der Waals surface area contributed by atoms with E-state index in [1.54, 1.807) is 0 Å². The minimum Gasteiger partial charge on any atom is -0.306 e. The minimum atomic E-state index is -0.886. The van der Waals surface area contributed by atoms with Crippen LogP contribution >= 0.6 is 15.3 Å². The van der Waals surface area contributed by atoms with Crippen molar-refractivity contribution in [3.8, 4) is 0 Å². The fourth-order valence-electron chi connectivity index (χ4n) is 2.49. The SMILES string of the molecule is Br[SiH](N1CCCCC1)N1CCCCC1. The van der Waals surface area contributed by atoms with Gasteiger partial charge in [0.15, 0.2) is 0 Å². The van der Waals surface area contributed by atoms with Gasteiger partial charge in [0.2, 0.25) is 0 Å². The van der Waals surface area contributed by atoms with E-state index in [0.29, 0.717) is 0 Å². The average molecular weight is 277 g/mol. The summed E-state index contributed by atoms with van der Waals surface area (Å²) in [6.45, 7) is 5.38. The minimum absolute atomic E-state index is 0.886. The van der Waals surface area contributed by atoms with Crippen LogP contribution in [0.3, 0.4) is 0 Å². The summed E-state index contributed by atoms with van der Waals surface area (Å²) in [4.78, 5) is 0. The quantitative estimate of drug-likeness (QED) is 0.563. The molecule has 82 valence electrons. The summed E-state index contributed by atoms with van der Waals surface area (Å²) in [5, 5.41) is 0. The fourth-order valence-corrected chi connectivity index (χ4v) is 7.00. The van der Waals surface area contributed by atoms with Gasteiger partial charge in [-0.25, -0.2) is 0 Å². The summed E-state index contributed by atoms with van der Waals surface area (Å²) in [5.41, 5.74) is 0. The number of hydrogen-bond acceptors (Lipinski definition) is 2.